The number of benzene rings is 2. The van der Waals surface area contributed by atoms with E-state index < -0.39 is 5.91 Å². The highest BCUT2D eigenvalue weighted by atomic mass is 35.5. The minimum atomic E-state index is -0.533. The molecule has 120 valence electrons. The summed E-state index contributed by atoms with van der Waals surface area (Å²) in [7, 11) is 2.92. The van der Waals surface area contributed by atoms with Gasteiger partial charge in [0, 0.05) is 16.8 Å². The van der Waals surface area contributed by atoms with Crippen LogP contribution >= 0.6 is 11.6 Å². The van der Waals surface area contributed by atoms with Gasteiger partial charge >= 0.3 is 0 Å². The lowest BCUT2D eigenvalue weighted by Crippen LogP contribution is -2.13. The topological polar surface area (TPSA) is 90.6 Å². The maximum Gasteiger partial charge on any atom is 0.255 e. The molecule has 0 aliphatic carbocycles. The molecule has 0 spiro atoms. The molecule has 6 nitrogen and oxygen atoms in total. The molecule has 3 N–H and O–H groups in total. The molecule has 7 heteroatoms. The fraction of sp³-hybridized carbons (Fsp3) is 0.125. The van der Waals surface area contributed by atoms with Crippen molar-refractivity contribution >= 4 is 29.1 Å². The first-order valence-electron chi connectivity index (χ1n) is 6.59. The van der Waals surface area contributed by atoms with E-state index >= 15 is 0 Å². The van der Waals surface area contributed by atoms with Gasteiger partial charge in [-0.1, -0.05) is 11.6 Å². The van der Waals surface area contributed by atoms with Crippen LogP contribution in [0.1, 0.15) is 20.7 Å². The average molecular weight is 335 g/mol. The van der Waals surface area contributed by atoms with Crippen molar-refractivity contribution in [3.63, 3.8) is 0 Å². The molecular formula is C16H15ClN2O4. The second-order valence-electron chi connectivity index (χ2n) is 4.59. The van der Waals surface area contributed by atoms with E-state index in [4.69, 9.17) is 26.8 Å². The third kappa shape index (κ3) is 3.73. The van der Waals surface area contributed by atoms with Crippen LogP contribution in [0.15, 0.2) is 36.4 Å². The molecule has 0 aliphatic heterocycles. The Morgan fingerprint density at radius 2 is 1.70 bits per heavy atom. The molecule has 2 amide bonds. The first-order chi connectivity index (χ1) is 11.0. The molecule has 0 heterocycles. The van der Waals surface area contributed by atoms with E-state index in [1.165, 1.54) is 38.5 Å². The van der Waals surface area contributed by atoms with Crippen molar-refractivity contribution < 1.29 is 19.1 Å². The zero-order valence-electron chi connectivity index (χ0n) is 12.6. The number of methoxy groups -OCH3 is 2. The van der Waals surface area contributed by atoms with Crippen molar-refractivity contribution in [1.82, 2.24) is 0 Å². The molecule has 2 aromatic carbocycles. The van der Waals surface area contributed by atoms with Gasteiger partial charge in [-0.15, -0.1) is 0 Å². The summed E-state index contributed by atoms with van der Waals surface area (Å²) in [6.45, 7) is 0. The Kier molecular flexibility index (Phi) is 5.08. The standard InChI is InChI=1S/C16H15ClN2O4/c1-22-13-8-10(7-12(17)14(13)23-2)16(21)19-11-5-3-9(4-6-11)15(18)20/h3-8H,1-2H3,(H2,18,20)(H,19,21). The van der Waals surface area contributed by atoms with Crippen LogP contribution in [0.25, 0.3) is 0 Å². The van der Waals surface area contributed by atoms with Gasteiger partial charge in [0.05, 0.1) is 19.2 Å². The molecule has 0 radical (unpaired) electrons. The van der Waals surface area contributed by atoms with Crippen molar-refractivity contribution in [3.8, 4) is 11.5 Å². The van der Waals surface area contributed by atoms with Crippen LogP contribution in [0.3, 0.4) is 0 Å². The molecular weight excluding hydrogens is 320 g/mol. The maximum atomic E-state index is 12.3. The van der Waals surface area contributed by atoms with Crippen molar-refractivity contribution in [3.05, 3.63) is 52.5 Å². The number of primary amides is 1. The third-order valence-electron chi connectivity index (χ3n) is 3.12. The highest BCUT2D eigenvalue weighted by Gasteiger charge is 2.15. The predicted molar refractivity (Wildman–Crippen MR) is 87.5 cm³/mol. The fourth-order valence-corrected chi connectivity index (χ4v) is 2.26. The van der Waals surface area contributed by atoms with Crippen molar-refractivity contribution in [2.75, 3.05) is 19.5 Å². The van der Waals surface area contributed by atoms with Crippen LogP contribution in [0.2, 0.25) is 5.02 Å². The van der Waals surface area contributed by atoms with Gasteiger partial charge in [0.25, 0.3) is 5.91 Å². The minimum absolute atomic E-state index is 0.265. The molecule has 0 fully saturated rings. The van der Waals surface area contributed by atoms with Gasteiger partial charge in [-0.2, -0.15) is 0 Å². The number of hydrogen-bond donors (Lipinski definition) is 2. The lowest BCUT2D eigenvalue weighted by Gasteiger charge is -2.12. The summed E-state index contributed by atoms with van der Waals surface area (Å²) in [6.07, 6.45) is 0. The van der Waals surface area contributed by atoms with E-state index in [0.29, 0.717) is 28.3 Å². The van der Waals surface area contributed by atoms with Crippen molar-refractivity contribution in [1.29, 1.82) is 0 Å². The predicted octanol–water partition coefficient (Wildman–Crippen LogP) is 2.71. The summed E-state index contributed by atoms with van der Waals surface area (Å²) in [5.74, 6) is -0.194. The molecule has 0 aromatic heterocycles. The molecule has 0 atom stereocenters. The summed E-state index contributed by atoms with van der Waals surface area (Å²) in [5, 5.41) is 2.96. The monoisotopic (exact) mass is 334 g/mol. The molecule has 2 aromatic rings. The minimum Gasteiger partial charge on any atom is -0.493 e. The average Bonchev–Trinajstić information content (AvgIpc) is 2.54. The van der Waals surface area contributed by atoms with Gasteiger partial charge in [-0.25, -0.2) is 0 Å². The van der Waals surface area contributed by atoms with Crippen molar-refractivity contribution in [2.45, 2.75) is 0 Å². The number of rotatable bonds is 5. The summed E-state index contributed by atoms with van der Waals surface area (Å²) in [6, 6.07) is 9.23. The molecule has 0 saturated heterocycles. The number of nitrogens with one attached hydrogen (secondary N) is 1. The van der Waals surface area contributed by atoms with Gasteiger partial charge in [0.2, 0.25) is 5.91 Å². The lowest BCUT2D eigenvalue weighted by molar-refractivity contribution is 0.0998. The quantitative estimate of drug-likeness (QED) is 0.879. The number of carbonyl (C=O) groups is 2. The first kappa shape index (κ1) is 16.6. The number of ether oxygens (including phenoxy) is 2. The van der Waals surface area contributed by atoms with Gasteiger partial charge in [0.1, 0.15) is 0 Å². The number of amides is 2. The second kappa shape index (κ2) is 7.02. The van der Waals surface area contributed by atoms with E-state index in [2.05, 4.69) is 5.32 Å². The maximum absolute atomic E-state index is 12.3. The zero-order chi connectivity index (χ0) is 17.0. The molecule has 0 saturated carbocycles. The molecule has 0 aliphatic rings. The van der Waals surface area contributed by atoms with Gasteiger partial charge in [-0.05, 0) is 36.4 Å². The Balaban J connectivity index is 2.23. The van der Waals surface area contributed by atoms with E-state index in [1.54, 1.807) is 12.1 Å². The Morgan fingerprint density at radius 1 is 1.04 bits per heavy atom. The number of anilines is 1. The van der Waals surface area contributed by atoms with Crippen LogP contribution < -0.4 is 20.5 Å². The third-order valence-corrected chi connectivity index (χ3v) is 3.40. The van der Waals surface area contributed by atoms with Crippen LogP contribution in [-0.4, -0.2) is 26.0 Å². The number of halogens is 1. The number of hydrogen-bond acceptors (Lipinski definition) is 4. The summed E-state index contributed by atoms with van der Waals surface area (Å²) < 4.78 is 10.3. The molecule has 0 unspecified atom stereocenters. The molecule has 0 bridgehead atoms. The Bertz CT molecular complexity index is 744. The Labute approximate surface area is 138 Å². The van der Waals surface area contributed by atoms with E-state index in [0.717, 1.165) is 0 Å². The lowest BCUT2D eigenvalue weighted by atomic mass is 10.1. The SMILES string of the molecule is COc1cc(C(=O)Nc2ccc(C(N)=O)cc2)cc(Cl)c1OC. The normalized spacial score (nSPS) is 10.0. The van der Waals surface area contributed by atoms with E-state index in [-0.39, 0.29) is 10.9 Å². The van der Waals surface area contributed by atoms with Crippen LogP contribution in [-0.2, 0) is 0 Å². The van der Waals surface area contributed by atoms with Crippen LogP contribution in [0.5, 0.6) is 11.5 Å². The van der Waals surface area contributed by atoms with Gasteiger partial charge in [0.15, 0.2) is 11.5 Å². The Hall–Kier alpha value is -2.73. The Morgan fingerprint density at radius 3 is 2.22 bits per heavy atom. The van der Waals surface area contributed by atoms with E-state index in [9.17, 15) is 9.59 Å². The zero-order valence-corrected chi connectivity index (χ0v) is 13.3. The molecule has 23 heavy (non-hydrogen) atoms. The molecule has 2 rings (SSSR count). The van der Waals surface area contributed by atoms with Crippen molar-refractivity contribution in [2.24, 2.45) is 5.73 Å². The fourth-order valence-electron chi connectivity index (χ4n) is 1.97. The van der Waals surface area contributed by atoms with Crippen LogP contribution in [0, 0.1) is 0 Å². The second-order valence-corrected chi connectivity index (χ2v) is 5.00. The smallest absolute Gasteiger partial charge is 0.255 e. The largest absolute Gasteiger partial charge is 0.493 e. The summed E-state index contributed by atoms with van der Waals surface area (Å²) in [5.41, 5.74) is 6.35. The van der Waals surface area contributed by atoms with E-state index in [1.807, 2.05) is 0 Å². The summed E-state index contributed by atoms with van der Waals surface area (Å²) >= 11 is 6.08. The van der Waals surface area contributed by atoms with Gasteiger partial charge in [-0.3, -0.25) is 9.59 Å². The first-order valence-corrected chi connectivity index (χ1v) is 6.96. The van der Waals surface area contributed by atoms with Gasteiger partial charge < -0.3 is 20.5 Å². The highest BCUT2D eigenvalue weighted by Crippen LogP contribution is 2.36. The van der Waals surface area contributed by atoms with Crippen LogP contribution in [0.4, 0.5) is 5.69 Å². The summed E-state index contributed by atoms with van der Waals surface area (Å²) in [4.78, 5) is 23.3. The number of nitrogens with two attached hydrogens (primary N) is 1. The number of carbonyl (C=O) groups excluding carboxylic acids is 2. The highest BCUT2D eigenvalue weighted by molar-refractivity contribution is 6.32.